The molecule has 2 heterocycles. The minimum absolute atomic E-state index is 0.594. The molecule has 1 aliphatic rings. The summed E-state index contributed by atoms with van der Waals surface area (Å²) in [5.41, 5.74) is 0. The quantitative estimate of drug-likeness (QED) is 0.392. The molecule has 6 heteroatoms. The molecule has 0 aliphatic carbocycles. The number of hydrogen-bond acceptors (Lipinski definition) is 3. The van der Waals surface area contributed by atoms with E-state index in [1.807, 2.05) is 0 Å². The zero-order chi connectivity index (χ0) is 17.2. The van der Waals surface area contributed by atoms with Crippen LogP contribution in [0.5, 0.6) is 0 Å². The number of fused-ring (bicyclic) bond motifs is 1. The third kappa shape index (κ3) is 6.13. The van der Waals surface area contributed by atoms with Gasteiger partial charge in [-0.1, -0.05) is 39.5 Å². The van der Waals surface area contributed by atoms with Gasteiger partial charge in [-0.15, -0.1) is 10.2 Å². The molecule has 0 saturated carbocycles. The fourth-order valence-electron chi connectivity index (χ4n) is 3.06. The fraction of sp³-hybridized carbons (Fsp3) is 0.833. The second-order valence-electron chi connectivity index (χ2n) is 7.01. The molecule has 1 aromatic heterocycles. The first-order chi connectivity index (χ1) is 11.7. The van der Waals surface area contributed by atoms with Crippen LogP contribution >= 0.6 is 0 Å². The van der Waals surface area contributed by atoms with Crippen molar-refractivity contribution < 1.29 is 0 Å². The molecule has 0 radical (unpaired) electrons. The van der Waals surface area contributed by atoms with Gasteiger partial charge in [0.25, 0.3) is 0 Å². The van der Waals surface area contributed by atoms with Gasteiger partial charge < -0.3 is 15.2 Å². The zero-order valence-electron chi connectivity index (χ0n) is 15.6. The summed E-state index contributed by atoms with van der Waals surface area (Å²) < 4.78 is 2.21. The predicted octanol–water partition coefficient (Wildman–Crippen LogP) is 2.89. The summed E-state index contributed by atoms with van der Waals surface area (Å²) in [6.45, 7) is 10.2. The molecule has 0 fully saturated rings. The molecule has 0 aromatic carbocycles. The average molecular weight is 335 g/mol. The topological polar surface area (TPSA) is 67.1 Å². The van der Waals surface area contributed by atoms with Crippen molar-refractivity contribution in [2.45, 2.75) is 78.8 Å². The summed E-state index contributed by atoms with van der Waals surface area (Å²) in [6, 6.07) is 0. The van der Waals surface area contributed by atoms with E-state index in [2.05, 4.69) is 51.2 Å². The Morgan fingerprint density at radius 3 is 2.79 bits per heavy atom. The molecular formula is C18H34N6. The van der Waals surface area contributed by atoms with Crippen molar-refractivity contribution in [2.75, 3.05) is 13.1 Å². The van der Waals surface area contributed by atoms with E-state index in [1.54, 1.807) is 0 Å². The van der Waals surface area contributed by atoms with E-state index in [4.69, 9.17) is 0 Å². The van der Waals surface area contributed by atoms with Crippen molar-refractivity contribution in [3.05, 3.63) is 11.6 Å². The maximum atomic E-state index is 4.66. The van der Waals surface area contributed by atoms with Gasteiger partial charge in [-0.2, -0.15) is 0 Å². The number of unbranched alkanes of at least 4 members (excludes halogenated alkanes) is 3. The van der Waals surface area contributed by atoms with Gasteiger partial charge >= 0.3 is 0 Å². The van der Waals surface area contributed by atoms with Gasteiger partial charge in [0.05, 0.1) is 0 Å². The molecule has 0 saturated heterocycles. The van der Waals surface area contributed by atoms with Crippen LogP contribution in [0, 0.1) is 5.92 Å². The molecule has 0 spiro atoms. The van der Waals surface area contributed by atoms with Crippen LogP contribution in [0.15, 0.2) is 4.99 Å². The van der Waals surface area contributed by atoms with Crippen LogP contribution in [0.3, 0.4) is 0 Å². The van der Waals surface area contributed by atoms with E-state index >= 15 is 0 Å². The standard InChI is InChI=1S/C18H34N6/c1-4-19-18(20-12-8-6-5-7-10-15(2)3)21-14-17-23-22-16-11-9-13-24(16)17/h15H,4-14H2,1-3H3,(H2,19,20,21). The Hall–Kier alpha value is -1.59. The van der Waals surface area contributed by atoms with Gasteiger partial charge in [-0.3, -0.25) is 0 Å². The maximum absolute atomic E-state index is 4.66. The van der Waals surface area contributed by atoms with Crippen LogP contribution in [-0.4, -0.2) is 33.8 Å². The van der Waals surface area contributed by atoms with Crippen LogP contribution in [0.25, 0.3) is 0 Å². The summed E-state index contributed by atoms with van der Waals surface area (Å²) >= 11 is 0. The van der Waals surface area contributed by atoms with Gasteiger partial charge in [0.2, 0.25) is 0 Å². The van der Waals surface area contributed by atoms with E-state index in [0.717, 1.165) is 49.6 Å². The van der Waals surface area contributed by atoms with Crippen molar-refractivity contribution in [1.82, 2.24) is 25.4 Å². The van der Waals surface area contributed by atoms with Gasteiger partial charge in [-0.05, 0) is 25.7 Å². The highest BCUT2D eigenvalue weighted by atomic mass is 15.3. The van der Waals surface area contributed by atoms with Crippen molar-refractivity contribution >= 4 is 5.96 Å². The lowest BCUT2D eigenvalue weighted by molar-refractivity contribution is 0.518. The molecule has 136 valence electrons. The normalized spacial score (nSPS) is 14.2. The second kappa shape index (κ2) is 10.3. The number of rotatable bonds is 10. The van der Waals surface area contributed by atoms with Gasteiger partial charge in [-0.25, -0.2) is 4.99 Å². The smallest absolute Gasteiger partial charge is 0.191 e. The van der Waals surface area contributed by atoms with Gasteiger partial charge in [0.15, 0.2) is 11.8 Å². The highest BCUT2D eigenvalue weighted by Gasteiger charge is 2.16. The molecule has 0 atom stereocenters. The lowest BCUT2D eigenvalue weighted by atomic mass is 10.0. The first-order valence-corrected chi connectivity index (χ1v) is 9.63. The Labute approximate surface area is 146 Å². The van der Waals surface area contributed by atoms with Crippen LogP contribution in [0.1, 0.15) is 70.9 Å². The zero-order valence-corrected chi connectivity index (χ0v) is 15.6. The number of hydrogen-bond donors (Lipinski definition) is 2. The Morgan fingerprint density at radius 2 is 2.00 bits per heavy atom. The Balaban J connectivity index is 1.69. The number of aromatic nitrogens is 3. The maximum Gasteiger partial charge on any atom is 0.191 e. The number of nitrogens with one attached hydrogen (secondary N) is 2. The molecule has 0 bridgehead atoms. The summed E-state index contributed by atoms with van der Waals surface area (Å²) in [5.74, 6) is 3.80. The van der Waals surface area contributed by atoms with E-state index < -0.39 is 0 Å². The molecule has 1 aromatic rings. The van der Waals surface area contributed by atoms with Crippen LogP contribution < -0.4 is 10.6 Å². The summed E-state index contributed by atoms with van der Waals surface area (Å²) in [7, 11) is 0. The highest BCUT2D eigenvalue weighted by molar-refractivity contribution is 5.79. The summed E-state index contributed by atoms with van der Waals surface area (Å²) in [5, 5.41) is 15.2. The van der Waals surface area contributed by atoms with Crippen LogP contribution in [0.4, 0.5) is 0 Å². The molecule has 1 aliphatic heterocycles. The predicted molar refractivity (Wildman–Crippen MR) is 99.1 cm³/mol. The highest BCUT2D eigenvalue weighted by Crippen LogP contribution is 2.14. The lowest BCUT2D eigenvalue weighted by Gasteiger charge is -2.11. The monoisotopic (exact) mass is 334 g/mol. The van der Waals surface area contributed by atoms with Crippen LogP contribution in [0.2, 0.25) is 0 Å². The third-order valence-corrected chi connectivity index (χ3v) is 4.41. The summed E-state index contributed by atoms with van der Waals surface area (Å²) in [4.78, 5) is 4.66. The number of nitrogens with zero attached hydrogens (tertiary/aromatic N) is 4. The van der Waals surface area contributed by atoms with Gasteiger partial charge in [0.1, 0.15) is 12.4 Å². The van der Waals surface area contributed by atoms with E-state index in [1.165, 1.54) is 38.5 Å². The largest absolute Gasteiger partial charge is 0.357 e. The average Bonchev–Trinajstić information content (AvgIpc) is 3.15. The molecule has 0 unspecified atom stereocenters. The van der Waals surface area contributed by atoms with Crippen molar-refractivity contribution in [3.63, 3.8) is 0 Å². The van der Waals surface area contributed by atoms with E-state index in [-0.39, 0.29) is 0 Å². The third-order valence-electron chi connectivity index (χ3n) is 4.41. The first kappa shape index (κ1) is 18.7. The minimum Gasteiger partial charge on any atom is -0.357 e. The second-order valence-corrected chi connectivity index (χ2v) is 7.01. The molecule has 6 nitrogen and oxygen atoms in total. The summed E-state index contributed by atoms with van der Waals surface area (Å²) in [6.07, 6.45) is 8.74. The first-order valence-electron chi connectivity index (χ1n) is 9.63. The van der Waals surface area contributed by atoms with Crippen LogP contribution in [-0.2, 0) is 19.5 Å². The van der Waals surface area contributed by atoms with E-state index in [9.17, 15) is 0 Å². The molecule has 0 amide bonds. The Kier molecular flexibility index (Phi) is 8.05. The van der Waals surface area contributed by atoms with Crippen molar-refractivity contribution in [2.24, 2.45) is 10.9 Å². The SMILES string of the molecule is CCNC(=NCc1nnc2n1CCC2)NCCCCCCC(C)C. The Morgan fingerprint density at radius 1 is 1.17 bits per heavy atom. The van der Waals surface area contributed by atoms with Crippen molar-refractivity contribution in [1.29, 1.82) is 0 Å². The fourth-order valence-corrected chi connectivity index (χ4v) is 3.06. The number of aryl methyl sites for hydroxylation is 1. The molecule has 24 heavy (non-hydrogen) atoms. The minimum atomic E-state index is 0.594. The van der Waals surface area contributed by atoms with Gasteiger partial charge in [0, 0.05) is 26.1 Å². The lowest BCUT2D eigenvalue weighted by Crippen LogP contribution is -2.37. The molecular weight excluding hydrogens is 300 g/mol. The molecule has 2 rings (SSSR count). The Bertz CT molecular complexity index is 506. The molecule has 2 N–H and O–H groups in total. The number of aliphatic imine (C=N–C) groups is 1. The van der Waals surface area contributed by atoms with E-state index in [0.29, 0.717) is 6.54 Å². The van der Waals surface area contributed by atoms with Crippen molar-refractivity contribution in [3.8, 4) is 0 Å². The number of guanidine groups is 1.